The molecule has 3 atom stereocenters. The van der Waals surface area contributed by atoms with Crippen molar-refractivity contribution in [3.63, 3.8) is 0 Å². The number of halogens is 2. The number of anilines is 3. The van der Waals surface area contributed by atoms with Gasteiger partial charge in [-0.2, -0.15) is 5.10 Å². The number of piperidine rings is 3. The lowest BCUT2D eigenvalue weighted by Gasteiger charge is -2.38. The van der Waals surface area contributed by atoms with Gasteiger partial charge in [0.15, 0.2) is 5.65 Å². The Morgan fingerprint density at radius 2 is 1.88 bits per heavy atom. The van der Waals surface area contributed by atoms with Crippen molar-refractivity contribution in [2.45, 2.75) is 75.7 Å². The summed E-state index contributed by atoms with van der Waals surface area (Å²) in [6, 6.07) is 11.6. The summed E-state index contributed by atoms with van der Waals surface area (Å²) in [5.41, 5.74) is 2.75. The highest BCUT2D eigenvalue weighted by molar-refractivity contribution is 6.08. The van der Waals surface area contributed by atoms with Gasteiger partial charge in [-0.05, 0) is 80.8 Å². The molecule has 0 radical (unpaired) electrons. The van der Waals surface area contributed by atoms with E-state index in [1.54, 1.807) is 31.4 Å². The fourth-order valence-electron chi connectivity index (χ4n) is 10.1. The molecule has 1 unspecified atom stereocenters. The standard InChI is InChI=1S/C46H50F2N10O6/c1-53-41-29(4-2-6-37(41)58(46(53)62)38-9-10-40(59)52-45(38)61)5-3-21-63-32-13-16-54(17-14-32)25-28-11-18-55(19-12-28)30-7-8-34(42(47)48)36(23-30)50-44(60)35-24-49-57-20-15-39(51-43(35)57)56-26-33-22-31(56)27-64-33/h2,4,6-8,15,20,23-24,28,31-33,38,42H,9-14,16-19,21-22,25-27H2,1H3,(H,50,60)(H,52,59,61)/t31-,33-,38?/m1/s1. The number of likely N-dealkylation sites (tertiary alicyclic amines) is 1. The minimum absolute atomic E-state index is 0.0752. The van der Waals surface area contributed by atoms with Crippen LogP contribution in [0, 0.1) is 17.8 Å². The van der Waals surface area contributed by atoms with E-state index in [9.17, 15) is 28.0 Å². The molecule has 3 aromatic heterocycles. The van der Waals surface area contributed by atoms with Gasteiger partial charge < -0.3 is 29.5 Å². The predicted molar refractivity (Wildman–Crippen MR) is 234 cm³/mol. The molecule has 0 aliphatic carbocycles. The molecule has 2 N–H and O–H groups in total. The summed E-state index contributed by atoms with van der Waals surface area (Å²) in [4.78, 5) is 62.9. The third kappa shape index (κ3) is 8.12. The first-order valence-corrected chi connectivity index (χ1v) is 22.2. The normalized spacial score (nSPS) is 22.2. The fraction of sp³-hybridized carbons (Fsp3) is 0.478. The number of hydrogen-bond donors (Lipinski definition) is 2. The second-order valence-corrected chi connectivity index (χ2v) is 17.5. The highest BCUT2D eigenvalue weighted by Gasteiger charge is 2.40. The van der Waals surface area contributed by atoms with Crippen LogP contribution >= 0.6 is 0 Å². The van der Waals surface area contributed by atoms with E-state index in [0.717, 1.165) is 82.9 Å². The Hall–Kier alpha value is -6.16. The van der Waals surface area contributed by atoms with Crippen molar-refractivity contribution in [3.8, 4) is 11.8 Å². The Labute approximate surface area is 367 Å². The zero-order valence-electron chi connectivity index (χ0n) is 35.5. The number of imide groups is 1. The van der Waals surface area contributed by atoms with Crippen molar-refractivity contribution in [3.05, 3.63) is 82.0 Å². The number of ether oxygens (including phenoxy) is 2. The number of carbonyl (C=O) groups is 3. The van der Waals surface area contributed by atoms with Crippen LogP contribution < -0.4 is 26.1 Å². The minimum atomic E-state index is -2.77. The number of imidazole rings is 1. The maximum atomic E-state index is 14.3. The largest absolute Gasteiger partial charge is 0.374 e. The number of hydrogen-bond acceptors (Lipinski definition) is 11. The summed E-state index contributed by atoms with van der Waals surface area (Å²) in [5, 5.41) is 9.41. The zero-order chi connectivity index (χ0) is 44.1. The maximum Gasteiger partial charge on any atom is 0.329 e. The van der Waals surface area contributed by atoms with E-state index in [1.165, 1.54) is 25.9 Å². The Bertz CT molecular complexity index is 2740. The lowest BCUT2D eigenvalue weighted by molar-refractivity contribution is -0.135. The second-order valence-electron chi connectivity index (χ2n) is 17.5. The molecule has 18 heteroatoms. The van der Waals surface area contributed by atoms with Gasteiger partial charge in [0.2, 0.25) is 11.8 Å². The summed E-state index contributed by atoms with van der Waals surface area (Å²) in [5.74, 6) is 6.18. The summed E-state index contributed by atoms with van der Waals surface area (Å²) in [6.45, 7) is 6.00. The average Bonchev–Trinajstić information content (AvgIpc) is 4.10. The van der Waals surface area contributed by atoms with Crippen LogP contribution in [0.3, 0.4) is 0 Å². The number of aryl methyl sites for hydroxylation is 1. The van der Waals surface area contributed by atoms with E-state index >= 15 is 0 Å². The van der Waals surface area contributed by atoms with Gasteiger partial charge in [-0.1, -0.05) is 17.9 Å². The third-order valence-corrected chi connectivity index (χ3v) is 13.6. The molecule has 8 heterocycles. The number of amides is 3. The molecule has 2 aromatic carbocycles. The molecule has 0 saturated carbocycles. The molecule has 2 bridgehead atoms. The molecule has 10 rings (SSSR count). The lowest BCUT2D eigenvalue weighted by Crippen LogP contribution is -2.44. The number of benzene rings is 2. The first-order valence-electron chi connectivity index (χ1n) is 22.2. The average molecular weight is 877 g/mol. The fourth-order valence-corrected chi connectivity index (χ4v) is 10.1. The van der Waals surface area contributed by atoms with Crippen LogP contribution in [0.5, 0.6) is 0 Å². The van der Waals surface area contributed by atoms with E-state index in [-0.39, 0.29) is 66.1 Å². The number of alkyl halides is 2. The third-order valence-electron chi connectivity index (χ3n) is 13.6. The van der Waals surface area contributed by atoms with E-state index in [0.29, 0.717) is 34.8 Å². The van der Waals surface area contributed by atoms with Gasteiger partial charge in [0.1, 0.15) is 24.0 Å². The van der Waals surface area contributed by atoms with Gasteiger partial charge in [-0.3, -0.25) is 28.8 Å². The Morgan fingerprint density at radius 3 is 2.62 bits per heavy atom. The molecule has 64 heavy (non-hydrogen) atoms. The Balaban J connectivity index is 0.708. The highest BCUT2D eigenvalue weighted by atomic mass is 19.3. The number of nitrogens with one attached hydrogen (secondary N) is 2. The number of carbonyl (C=O) groups excluding carboxylic acids is 3. The van der Waals surface area contributed by atoms with Gasteiger partial charge in [-0.25, -0.2) is 23.1 Å². The van der Waals surface area contributed by atoms with Crippen molar-refractivity contribution in [1.82, 2.24) is 33.9 Å². The molecule has 5 aliphatic heterocycles. The van der Waals surface area contributed by atoms with Gasteiger partial charge >= 0.3 is 5.69 Å². The van der Waals surface area contributed by atoms with Crippen LogP contribution in [0.1, 0.15) is 78.9 Å². The highest BCUT2D eigenvalue weighted by Crippen LogP contribution is 2.35. The summed E-state index contributed by atoms with van der Waals surface area (Å²) < 4.78 is 44.9. The molecule has 5 aromatic rings. The molecule has 5 saturated heterocycles. The van der Waals surface area contributed by atoms with Gasteiger partial charge in [0.05, 0.1) is 53.3 Å². The van der Waals surface area contributed by atoms with Crippen LogP contribution in [0.4, 0.5) is 26.0 Å². The number of rotatable bonds is 10. The maximum absolute atomic E-state index is 14.3. The van der Waals surface area contributed by atoms with Crippen molar-refractivity contribution < 1.29 is 32.6 Å². The van der Waals surface area contributed by atoms with E-state index < -0.39 is 24.3 Å². The molecule has 334 valence electrons. The van der Waals surface area contributed by atoms with Gasteiger partial charge in [0.25, 0.3) is 12.3 Å². The number of nitrogens with zero attached hydrogens (tertiary/aromatic N) is 8. The van der Waals surface area contributed by atoms with Crippen LogP contribution in [-0.2, 0) is 26.1 Å². The number of para-hydroxylation sites is 1. The van der Waals surface area contributed by atoms with Crippen LogP contribution in [-0.4, -0.2) is 117 Å². The lowest BCUT2D eigenvalue weighted by atomic mass is 9.94. The number of fused-ring (bicyclic) bond motifs is 4. The first-order chi connectivity index (χ1) is 31.1. The summed E-state index contributed by atoms with van der Waals surface area (Å²) >= 11 is 0. The number of aromatic nitrogens is 5. The zero-order valence-corrected chi connectivity index (χ0v) is 35.5. The monoisotopic (exact) mass is 876 g/mol. The Kier molecular flexibility index (Phi) is 11.4. The second kappa shape index (κ2) is 17.4. The van der Waals surface area contributed by atoms with Crippen molar-refractivity contribution in [2.75, 3.05) is 67.6 Å². The molecule has 5 aliphatic rings. The quantitative estimate of drug-likeness (QED) is 0.152. The van der Waals surface area contributed by atoms with Crippen molar-refractivity contribution in [1.29, 1.82) is 0 Å². The van der Waals surface area contributed by atoms with E-state index in [4.69, 9.17) is 14.5 Å². The topological polar surface area (TPSA) is 161 Å². The summed E-state index contributed by atoms with van der Waals surface area (Å²) in [6.07, 6.45) is 5.78. The smallest absolute Gasteiger partial charge is 0.329 e. The molecular formula is C46H50F2N10O6. The molecule has 16 nitrogen and oxygen atoms in total. The minimum Gasteiger partial charge on any atom is -0.374 e. The first kappa shape index (κ1) is 41.8. The molecule has 3 amide bonds. The van der Waals surface area contributed by atoms with Gasteiger partial charge in [-0.15, -0.1) is 0 Å². The predicted octanol–water partition coefficient (Wildman–Crippen LogP) is 4.28. The van der Waals surface area contributed by atoms with E-state index in [2.05, 4.69) is 42.3 Å². The number of morpholine rings is 1. The van der Waals surface area contributed by atoms with Crippen molar-refractivity contribution in [2.24, 2.45) is 13.0 Å². The van der Waals surface area contributed by atoms with Gasteiger partial charge in [0, 0.05) is 70.2 Å². The molecule has 0 spiro atoms. The van der Waals surface area contributed by atoms with Crippen molar-refractivity contribution >= 4 is 51.6 Å². The van der Waals surface area contributed by atoms with E-state index in [1.807, 2.05) is 18.2 Å². The van der Waals surface area contributed by atoms with Crippen LogP contribution in [0.25, 0.3) is 16.7 Å². The Morgan fingerprint density at radius 1 is 1.05 bits per heavy atom. The molecular weight excluding hydrogens is 827 g/mol. The van der Waals surface area contributed by atoms with Crippen LogP contribution in [0.2, 0.25) is 0 Å². The SMILES string of the molecule is Cn1c(=O)n(C2CCC(=O)NC2=O)c2cccc(C#CCOC3CCN(CC4CCN(c5ccc(C(F)F)c(NC(=O)c6cnn7ccc(N8C[C@H]9C[C@@H]8CO9)nc67)c5)CC4)CC3)c21. The van der Waals surface area contributed by atoms with Crippen LogP contribution in [0.15, 0.2) is 59.7 Å². The molecule has 5 fully saturated rings. The summed E-state index contributed by atoms with van der Waals surface area (Å²) in [7, 11) is 1.66.